The van der Waals surface area contributed by atoms with Crippen LogP contribution in [0.4, 0.5) is 0 Å². The van der Waals surface area contributed by atoms with Crippen LogP contribution in [0.3, 0.4) is 0 Å². The Kier molecular flexibility index (Phi) is 6.15. The third-order valence-corrected chi connectivity index (χ3v) is 4.54. The van der Waals surface area contributed by atoms with E-state index in [9.17, 15) is 0 Å². The summed E-state index contributed by atoms with van der Waals surface area (Å²) in [5.41, 5.74) is 9.41. The van der Waals surface area contributed by atoms with E-state index >= 15 is 0 Å². The molecule has 0 amide bonds. The zero-order valence-corrected chi connectivity index (χ0v) is 13.6. The molecule has 21 heavy (non-hydrogen) atoms. The molecular formula is C18H23NOS. The Labute approximate surface area is 131 Å². The zero-order valence-electron chi connectivity index (χ0n) is 12.8. The molecule has 0 aliphatic rings. The largest absolute Gasteiger partial charge is 0.494 e. The Balaban J connectivity index is 1.68. The Bertz CT molecular complexity index is 566. The number of rotatable bonds is 7. The molecule has 0 bridgehead atoms. The van der Waals surface area contributed by atoms with Crippen LogP contribution in [0.1, 0.15) is 23.1 Å². The molecule has 0 spiro atoms. The number of hydrogen-bond donors (Lipinski definition) is 1. The minimum Gasteiger partial charge on any atom is -0.494 e. The van der Waals surface area contributed by atoms with E-state index < -0.39 is 0 Å². The summed E-state index contributed by atoms with van der Waals surface area (Å²) in [6.45, 7) is 5.63. The normalized spacial score (nSPS) is 10.6. The van der Waals surface area contributed by atoms with Gasteiger partial charge in [-0.25, -0.2) is 0 Å². The lowest BCUT2D eigenvalue weighted by molar-refractivity contribution is 0.318. The Morgan fingerprint density at radius 2 is 1.76 bits per heavy atom. The summed E-state index contributed by atoms with van der Waals surface area (Å²) in [6, 6.07) is 14.6. The lowest BCUT2D eigenvalue weighted by atomic mass is 10.1. The summed E-state index contributed by atoms with van der Waals surface area (Å²) in [5.74, 6) is 1.99. The molecule has 0 aromatic heterocycles. The summed E-state index contributed by atoms with van der Waals surface area (Å²) in [7, 11) is 0. The Morgan fingerprint density at radius 3 is 2.43 bits per heavy atom. The fourth-order valence-electron chi connectivity index (χ4n) is 1.96. The van der Waals surface area contributed by atoms with Crippen molar-refractivity contribution in [1.82, 2.24) is 0 Å². The van der Waals surface area contributed by atoms with E-state index in [1.165, 1.54) is 16.0 Å². The molecule has 0 aliphatic heterocycles. The van der Waals surface area contributed by atoms with Gasteiger partial charge in [-0.2, -0.15) is 0 Å². The zero-order chi connectivity index (χ0) is 15.1. The highest BCUT2D eigenvalue weighted by Crippen LogP contribution is 2.22. The van der Waals surface area contributed by atoms with Crippen LogP contribution in [0, 0.1) is 13.8 Å². The smallest absolute Gasteiger partial charge is 0.119 e. The molecule has 0 fully saturated rings. The van der Waals surface area contributed by atoms with Crippen LogP contribution in [0.15, 0.2) is 47.4 Å². The van der Waals surface area contributed by atoms with Gasteiger partial charge in [-0.3, -0.25) is 0 Å². The molecule has 2 nitrogen and oxygen atoms in total. The maximum atomic E-state index is 5.73. The fraction of sp³-hybridized carbons (Fsp3) is 0.333. The summed E-state index contributed by atoms with van der Waals surface area (Å²) >= 11 is 1.89. The van der Waals surface area contributed by atoms with Gasteiger partial charge in [-0.05, 0) is 61.2 Å². The van der Waals surface area contributed by atoms with Crippen molar-refractivity contribution in [2.75, 3.05) is 12.4 Å². The van der Waals surface area contributed by atoms with Crippen molar-refractivity contribution in [2.45, 2.75) is 31.7 Å². The molecular weight excluding hydrogens is 278 g/mol. The van der Waals surface area contributed by atoms with Crippen LogP contribution in [0.5, 0.6) is 5.75 Å². The van der Waals surface area contributed by atoms with Crippen LogP contribution in [0.2, 0.25) is 0 Å². The van der Waals surface area contributed by atoms with Crippen LogP contribution in [-0.2, 0) is 6.54 Å². The molecule has 0 heterocycles. The van der Waals surface area contributed by atoms with E-state index in [0.29, 0.717) is 6.54 Å². The Hall–Kier alpha value is -1.45. The summed E-state index contributed by atoms with van der Waals surface area (Å²) in [6.07, 6.45) is 1.04. The first kappa shape index (κ1) is 15.9. The van der Waals surface area contributed by atoms with E-state index in [-0.39, 0.29) is 0 Å². The highest BCUT2D eigenvalue weighted by atomic mass is 32.2. The van der Waals surface area contributed by atoms with Crippen LogP contribution in [-0.4, -0.2) is 12.4 Å². The van der Waals surface area contributed by atoms with Gasteiger partial charge in [0, 0.05) is 17.2 Å². The maximum Gasteiger partial charge on any atom is 0.119 e. The third kappa shape index (κ3) is 5.10. The molecule has 2 aromatic carbocycles. The third-order valence-electron chi connectivity index (χ3n) is 3.46. The van der Waals surface area contributed by atoms with Crippen molar-refractivity contribution in [2.24, 2.45) is 5.73 Å². The first-order chi connectivity index (χ1) is 10.2. The number of aryl methyl sites for hydroxylation is 2. The molecule has 112 valence electrons. The first-order valence-corrected chi connectivity index (χ1v) is 8.29. The molecule has 0 radical (unpaired) electrons. The predicted molar refractivity (Wildman–Crippen MR) is 91.1 cm³/mol. The molecule has 2 rings (SSSR count). The summed E-state index contributed by atoms with van der Waals surface area (Å²) in [5, 5.41) is 0. The lowest BCUT2D eigenvalue weighted by Crippen LogP contribution is -2.00. The average molecular weight is 301 g/mol. The fourth-order valence-corrected chi connectivity index (χ4v) is 2.89. The summed E-state index contributed by atoms with van der Waals surface area (Å²) in [4.78, 5) is 1.34. The number of hydrogen-bond acceptors (Lipinski definition) is 3. The number of ether oxygens (including phenoxy) is 1. The average Bonchev–Trinajstić information content (AvgIpc) is 2.51. The van der Waals surface area contributed by atoms with Crippen LogP contribution >= 0.6 is 11.8 Å². The van der Waals surface area contributed by atoms with E-state index in [1.54, 1.807) is 0 Å². The monoisotopic (exact) mass is 301 g/mol. The quantitative estimate of drug-likeness (QED) is 0.611. The molecule has 3 heteroatoms. The number of thioether (sulfide) groups is 1. The van der Waals surface area contributed by atoms with Crippen molar-refractivity contribution < 1.29 is 4.74 Å². The standard InChI is InChI=1S/C18H23NOS/c1-14-4-9-18(12-15(14)2)21-11-3-10-20-17-7-5-16(13-19)6-8-17/h4-9,12H,3,10-11,13,19H2,1-2H3. The summed E-state index contributed by atoms with van der Waals surface area (Å²) < 4.78 is 5.73. The Morgan fingerprint density at radius 1 is 1.00 bits per heavy atom. The van der Waals surface area contributed by atoms with Gasteiger partial charge < -0.3 is 10.5 Å². The highest BCUT2D eigenvalue weighted by Gasteiger charge is 1.98. The number of nitrogens with two attached hydrogens (primary N) is 1. The van der Waals surface area contributed by atoms with Gasteiger partial charge in [0.2, 0.25) is 0 Å². The topological polar surface area (TPSA) is 35.2 Å². The second kappa shape index (κ2) is 8.11. The second-order valence-electron chi connectivity index (χ2n) is 5.14. The van der Waals surface area contributed by atoms with E-state index in [4.69, 9.17) is 10.5 Å². The van der Waals surface area contributed by atoms with Gasteiger partial charge in [0.1, 0.15) is 5.75 Å². The van der Waals surface area contributed by atoms with Crippen molar-refractivity contribution >= 4 is 11.8 Å². The van der Waals surface area contributed by atoms with Gasteiger partial charge in [-0.1, -0.05) is 18.2 Å². The van der Waals surface area contributed by atoms with Gasteiger partial charge in [-0.15, -0.1) is 11.8 Å². The van der Waals surface area contributed by atoms with Gasteiger partial charge in [0.25, 0.3) is 0 Å². The van der Waals surface area contributed by atoms with Crippen LogP contribution in [0.25, 0.3) is 0 Å². The molecule has 2 N–H and O–H groups in total. The second-order valence-corrected chi connectivity index (χ2v) is 6.31. The van der Waals surface area contributed by atoms with Crippen molar-refractivity contribution in [1.29, 1.82) is 0 Å². The van der Waals surface area contributed by atoms with E-state index in [1.807, 2.05) is 36.0 Å². The van der Waals surface area contributed by atoms with Crippen molar-refractivity contribution in [3.8, 4) is 5.75 Å². The van der Waals surface area contributed by atoms with E-state index in [2.05, 4.69) is 32.0 Å². The number of benzene rings is 2. The molecule has 0 saturated carbocycles. The van der Waals surface area contributed by atoms with Crippen LogP contribution < -0.4 is 10.5 Å². The van der Waals surface area contributed by atoms with Gasteiger partial charge in [0.05, 0.1) is 6.61 Å². The first-order valence-electron chi connectivity index (χ1n) is 7.31. The maximum absolute atomic E-state index is 5.73. The van der Waals surface area contributed by atoms with E-state index in [0.717, 1.165) is 30.1 Å². The van der Waals surface area contributed by atoms with Gasteiger partial charge in [0.15, 0.2) is 0 Å². The minimum atomic E-state index is 0.576. The molecule has 0 unspecified atom stereocenters. The predicted octanol–water partition coefficient (Wildman–Crippen LogP) is 4.32. The van der Waals surface area contributed by atoms with Crippen molar-refractivity contribution in [3.05, 3.63) is 59.2 Å². The van der Waals surface area contributed by atoms with Crippen molar-refractivity contribution in [3.63, 3.8) is 0 Å². The molecule has 2 aromatic rings. The molecule has 0 atom stereocenters. The highest BCUT2D eigenvalue weighted by molar-refractivity contribution is 7.99. The lowest BCUT2D eigenvalue weighted by Gasteiger charge is -2.07. The SMILES string of the molecule is Cc1ccc(SCCCOc2ccc(CN)cc2)cc1C. The molecule has 0 aliphatic carbocycles. The van der Waals surface area contributed by atoms with Gasteiger partial charge >= 0.3 is 0 Å². The molecule has 0 saturated heterocycles. The minimum absolute atomic E-state index is 0.576.